The second-order valence-corrected chi connectivity index (χ2v) is 6.35. The van der Waals surface area contributed by atoms with Crippen LogP contribution in [0.5, 0.6) is 0 Å². The van der Waals surface area contributed by atoms with Gasteiger partial charge >= 0.3 is 0 Å². The molecule has 0 amide bonds. The van der Waals surface area contributed by atoms with Crippen molar-refractivity contribution < 1.29 is 5.11 Å². The lowest BCUT2D eigenvalue weighted by Gasteiger charge is -2.29. The van der Waals surface area contributed by atoms with E-state index in [0.29, 0.717) is 0 Å². The van der Waals surface area contributed by atoms with Gasteiger partial charge in [-0.1, -0.05) is 24.6 Å². The Balaban J connectivity index is 2.07. The number of piperazine rings is 1. The Morgan fingerprint density at radius 3 is 2.79 bits per heavy atom. The van der Waals surface area contributed by atoms with Gasteiger partial charge in [-0.15, -0.1) is 11.8 Å². The van der Waals surface area contributed by atoms with Gasteiger partial charge in [0.25, 0.3) is 0 Å². The van der Waals surface area contributed by atoms with Crippen molar-refractivity contribution in [1.82, 2.24) is 10.2 Å². The van der Waals surface area contributed by atoms with E-state index in [2.05, 4.69) is 42.3 Å². The molecular formula is C15H24N2OS. The molecule has 0 spiro atoms. The quantitative estimate of drug-likeness (QED) is 0.809. The lowest BCUT2D eigenvalue weighted by atomic mass is 10.1. The van der Waals surface area contributed by atoms with Gasteiger partial charge in [-0.2, -0.15) is 0 Å². The molecule has 1 aliphatic heterocycles. The average molecular weight is 280 g/mol. The fourth-order valence-corrected chi connectivity index (χ4v) is 3.29. The van der Waals surface area contributed by atoms with E-state index in [1.54, 1.807) is 0 Å². The molecular weight excluding hydrogens is 256 g/mol. The van der Waals surface area contributed by atoms with Crippen molar-refractivity contribution in [2.75, 3.05) is 38.5 Å². The van der Waals surface area contributed by atoms with Crippen LogP contribution < -0.4 is 5.32 Å². The van der Waals surface area contributed by atoms with E-state index in [1.165, 1.54) is 10.5 Å². The first-order chi connectivity index (χ1) is 9.20. The predicted molar refractivity (Wildman–Crippen MR) is 81.8 cm³/mol. The van der Waals surface area contributed by atoms with Crippen LogP contribution in [-0.2, 0) is 0 Å². The Bertz CT molecular complexity index is 405. The van der Waals surface area contributed by atoms with E-state index in [9.17, 15) is 5.11 Å². The monoisotopic (exact) mass is 280 g/mol. The van der Waals surface area contributed by atoms with Crippen molar-refractivity contribution in [2.45, 2.75) is 24.8 Å². The van der Waals surface area contributed by atoms with Gasteiger partial charge < -0.3 is 10.4 Å². The maximum absolute atomic E-state index is 10.5. The fourth-order valence-electron chi connectivity index (χ4n) is 2.45. The number of rotatable bonds is 5. The molecule has 0 aliphatic carbocycles. The van der Waals surface area contributed by atoms with Crippen LogP contribution in [0.2, 0.25) is 0 Å². The number of aliphatic hydroxyl groups excluding tert-OH is 1. The minimum atomic E-state index is -0.382. The normalized spacial score (nSPS) is 18.5. The van der Waals surface area contributed by atoms with E-state index >= 15 is 0 Å². The third-order valence-corrected chi connectivity index (χ3v) is 4.44. The summed E-state index contributed by atoms with van der Waals surface area (Å²) in [6, 6.07) is 6.39. The van der Waals surface area contributed by atoms with Crippen molar-refractivity contribution in [1.29, 1.82) is 0 Å². The summed E-state index contributed by atoms with van der Waals surface area (Å²) in [5.74, 6) is 1.04. The van der Waals surface area contributed by atoms with Crippen LogP contribution in [0.25, 0.3) is 0 Å². The Hall–Kier alpha value is -0.550. The summed E-state index contributed by atoms with van der Waals surface area (Å²) in [6.07, 6.45) is -0.382. The van der Waals surface area contributed by atoms with Crippen LogP contribution in [-0.4, -0.2) is 48.5 Å². The number of β-amino-alcohol motifs (C(OH)–C–C–N with tert-alkyl or cyclic N) is 1. The number of aryl methyl sites for hydroxylation is 1. The van der Waals surface area contributed by atoms with E-state index in [4.69, 9.17) is 0 Å². The first kappa shape index (κ1) is 14.9. The zero-order valence-corrected chi connectivity index (χ0v) is 12.7. The second kappa shape index (κ2) is 7.29. The van der Waals surface area contributed by atoms with Crippen LogP contribution in [0.3, 0.4) is 0 Å². The third-order valence-electron chi connectivity index (χ3n) is 3.46. The summed E-state index contributed by atoms with van der Waals surface area (Å²) in [7, 11) is 0. The molecule has 1 saturated heterocycles. The highest BCUT2D eigenvalue weighted by Gasteiger charge is 2.18. The minimum absolute atomic E-state index is 0.382. The van der Waals surface area contributed by atoms with E-state index in [-0.39, 0.29) is 6.10 Å². The topological polar surface area (TPSA) is 35.5 Å². The second-order valence-electron chi connectivity index (χ2n) is 5.04. The molecule has 1 unspecified atom stereocenters. The third kappa shape index (κ3) is 4.21. The van der Waals surface area contributed by atoms with Crippen LogP contribution in [0.15, 0.2) is 23.1 Å². The van der Waals surface area contributed by atoms with Gasteiger partial charge in [-0.05, 0) is 24.3 Å². The number of hydrogen-bond donors (Lipinski definition) is 2. The van der Waals surface area contributed by atoms with Crippen LogP contribution >= 0.6 is 11.8 Å². The van der Waals surface area contributed by atoms with Crippen LogP contribution in [0, 0.1) is 6.92 Å². The Kier molecular flexibility index (Phi) is 5.70. The Morgan fingerprint density at radius 2 is 2.11 bits per heavy atom. The van der Waals surface area contributed by atoms with Crippen LogP contribution in [0.4, 0.5) is 0 Å². The average Bonchev–Trinajstić information content (AvgIpc) is 2.42. The summed E-state index contributed by atoms with van der Waals surface area (Å²) in [4.78, 5) is 3.56. The molecule has 2 N–H and O–H groups in total. The van der Waals surface area contributed by atoms with Crippen LogP contribution in [0.1, 0.15) is 24.2 Å². The zero-order valence-electron chi connectivity index (χ0n) is 11.9. The standard InChI is InChI=1S/C15H24N2OS/c1-3-19-15-5-4-12(2)10-13(15)14(18)11-17-8-6-16-7-9-17/h4-5,10,14,16,18H,3,6-9,11H2,1-2H3. The number of hydrogen-bond acceptors (Lipinski definition) is 4. The summed E-state index contributed by atoms with van der Waals surface area (Å²) in [5.41, 5.74) is 2.31. The molecule has 1 aromatic rings. The van der Waals surface area contributed by atoms with Crippen molar-refractivity contribution in [3.8, 4) is 0 Å². The molecule has 3 nitrogen and oxygen atoms in total. The molecule has 19 heavy (non-hydrogen) atoms. The maximum Gasteiger partial charge on any atom is 0.0927 e. The van der Waals surface area contributed by atoms with Gasteiger partial charge in [0.15, 0.2) is 0 Å². The Morgan fingerprint density at radius 1 is 1.37 bits per heavy atom. The van der Waals surface area contributed by atoms with Gasteiger partial charge in [-0.25, -0.2) is 0 Å². The van der Waals surface area contributed by atoms with Crippen molar-refractivity contribution in [3.63, 3.8) is 0 Å². The highest BCUT2D eigenvalue weighted by molar-refractivity contribution is 7.99. The summed E-state index contributed by atoms with van der Waals surface area (Å²) >= 11 is 1.81. The van der Waals surface area contributed by atoms with Gasteiger partial charge in [0.05, 0.1) is 6.10 Å². The first-order valence-corrected chi connectivity index (χ1v) is 8.03. The molecule has 1 aromatic carbocycles. The van der Waals surface area contributed by atoms with Gasteiger partial charge in [-0.3, -0.25) is 4.90 Å². The molecule has 0 aromatic heterocycles. The number of benzene rings is 1. The van der Waals surface area contributed by atoms with E-state index < -0.39 is 0 Å². The predicted octanol–water partition coefficient (Wildman–Crippen LogP) is 2.05. The molecule has 1 fully saturated rings. The molecule has 0 bridgehead atoms. The van der Waals surface area contributed by atoms with Crippen molar-refractivity contribution >= 4 is 11.8 Å². The lowest BCUT2D eigenvalue weighted by Crippen LogP contribution is -2.45. The van der Waals surface area contributed by atoms with E-state index in [1.807, 2.05) is 11.8 Å². The number of nitrogens with zero attached hydrogens (tertiary/aromatic N) is 1. The minimum Gasteiger partial charge on any atom is -0.387 e. The molecule has 1 aliphatic rings. The summed E-state index contributed by atoms with van der Waals surface area (Å²) in [5, 5.41) is 13.9. The number of thioether (sulfide) groups is 1. The highest BCUT2D eigenvalue weighted by atomic mass is 32.2. The highest BCUT2D eigenvalue weighted by Crippen LogP contribution is 2.29. The molecule has 106 valence electrons. The first-order valence-electron chi connectivity index (χ1n) is 7.05. The van der Waals surface area contributed by atoms with Gasteiger partial charge in [0, 0.05) is 37.6 Å². The largest absolute Gasteiger partial charge is 0.387 e. The maximum atomic E-state index is 10.5. The number of nitrogens with one attached hydrogen (secondary N) is 1. The molecule has 1 atom stereocenters. The van der Waals surface area contributed by atoms with Crippen molar-refractivity contribution in [3.05, 3.63) is 29.3 Å². The molecule has 1 heterocycles. The smallest absolute Gasteiger partial charge is 0.0927 e. The molecule has 2 rings (SSSR count). The van der Waals surface area contributed by atoms with Gasteiger partial charge in [0.1, 0.15) is 0 Å². The zero-order chi connectivity index (χ0) is 13.7. The lowest BCUT2D eigenvalue weighted by molar-refractivity contribution is 0.104. The summed E-state index contributed by atoms with van der Waals surface area (Å²) in [6.45, 7) is 9.08. The van der Waals surface area contributed by atoms with Crippen molar-refractivity contribution in [2.24, 2.45) is 0 Å². The van der Waals surface area contributed by atoms with Gasteiger partial charge in [0.2, 0.25) is 0 Å². The SMILES string of the molecule is CCSc1ccc(C)cc1C(O)CN1CCNCC1. The summed E-state index contributed by atoms with van der Waals surface area (Å²) < 4.78 is 0. The Labute approximate surface area is 120 Å². The van der Waals surface area contributed by atoms with E-state index in [0.717, 1.165) is 44.0 Å². The molecule has 0 radical (unpaired) electrons. The number of aliphatic hydroxyl groups is 1. The molecule has 4 heteroatoms. The fraction of sp³-hybridized carbons (Fsp3) is 0.600. The molecule has 0 saturated carbocycles.